The molecule has 1 rings (SSSR count). The van der Waals surface area contributed by atoms with E-state index in [1.807, 2.05) is 6.92 Å². The molecule has 0 saturated carbocycles. The van der Waals surface area contributed by atoms with Crippen LogP contribution in [0.2, 0.25) is 0 Å². The minimum atomic E-state index is 0.569. The van der Waals surface area contributed by atoms with Gasteiger partial charge in [-0.15, -0.1) is 0 Å². The second-order valence-electron chi connectivity index (χ2n) is 2.32. The number of rotatable bonds is 0. The van der Waals surface area contributed by atoms with E-state index in [0.717, 1.165) is 10.3 Å². The quantitative estimate of drug-likeness (QED) is 0.419. The van der Waals surface area contributed by atoms with Crippen LogP contribution >= 0.6 is 0 Å². The van der Waals surface area contributed by atoms with Gasteiger partial charge in [0.1, 0.15) is 5.69 Å². The first-order chi connectivity index (χ1) is 4.63. The zero-order chi connectivity index (χ0) is 7.72. The first-order valence-corrected chi connectivity index (χ1v) is 3.08. The largest absolute Gasteiger partial charge is 0.618 e. The first-order valence-electron chi connectivity index (χ1n) is 3.08. The van der Waals surface area contributed by atoms with E-state index >= 15 is 0 Å². The van der Waals surface area contributed by atoms with Crippen molar-refractivity contribution in [3.63, 3.8) is 0 Å². The van der Waals surface area contributed by atoms with Gasteiger partial charge in [0, 0.05) is 13.0 Å². The summed E-state index contributed by atoms with van der Waals surface area (Å²) in [5.74, 6) is 0. The Balaban J connectivity index is 3.34. The lowest BCUT2D eigenvalue weighted by Gasteiger charge is -2.03. The lowest BCUT2D eigenvalue weighted by molar-refractivity contribution is -0.611. The zero-order valence-electron chi connectivity index (χ0n) is 6.09. The van der Waals surface area contributed by atoms with E-state index in [1.54, 1.807) is 13.0 Å². The molecule has 54 valence electrons. The Labute approximate surface area is 59.7 Å². The molecule has 2 N–H and O–H groups in total. The molecule has 0 bridgehead atoms. The van der Waals surface area contributed by atoms with Crippen molar-refractivity contribution in [2.24, 2.45) is 0 Å². The molecule has 0 aliphatic rings. The van der Waals surface area contributed by atoms with Crippen LogP contribution in [0.1, 0.15) is 11.3 Å². The molecule has 0 fully saturated rings. The number of pyridine rings is 1. The Kier molecular flexibility index (Phi) is 1.49. The van der Waals surface area contributed by atoms with Crippen LogP contribution in [-0.2, 0) is 0 Å². The molecule has 10 heavy (non-hydrogen) atoms. The highest BCUT2D eigenvalue weighted by atomic mass is 16.5. The maximum Gasteiger partial charge on any atom is 0.212 e. The summed E-state index contributed by atoms with van der Waals surface area (Å²) in [7, 11) is 0. The summed E-state index contributed by atoms with van der Waals surface area (Å²) in [4.78, 5) is 0. The average Bonchev–Trinajstić information content (AvgIpc) is 1.93. The van der Waals surface area contributed by atoms with E-state index in [0.29, 0.717) is 11.4 Å². The van der Waals surface area contributed by atoms with Crippen LogP contribution in [0.15, 0.2) is 12.3 Å². The summed E-state index contributed by atoms with van der Waals surface area (Å²) in [5.41, 5.74) is 7.66. The lowest BCUT2D eigenvalue weighted by Crippen LogP contribution is -2.30. The highest BCUT2D eigenvalue weighted by Crippen LogP contribution is 2.09. The first kappa shape index (κ1) is 6.86. The van der Waals surface area contributed by atoms with Crippen LogP contribution in [0.25, 0.3) is 0 Å². The molecule has 0 aliphatic carbocycles. The Morgan fingerprint density at radius 2 is 2.10 bits per heavy atom. The Bertz CT molecular complexity index is 231. The second-order valence-corrected chi connectivity index (χ2v) is 2.32. The van der Waals surface area contributed by atoms with E-state index < -0.39 is 0 Å². The van der Waals surface area contributed by atoms with Gasteiger partial charge < -0.3 is 10.9 Å². The second kappa shape index (κ2) is 2.17. The van der Waals surface area contributed by atoms with Crippen molar-refractivity contribution in [1.82, 2.24) is 0 Å². The molecule has 3 heteroatoms. The SMILES string of the molecule is Cc1cc[n+]([O-])c(C)c1N. The number of hydrogen-bond acceptors (Lipinski definition) is 2. The van der Waals surface area contributed by atoms with Crippen molar-refractivity contribution in [3.05, 3.63) is 28.7 Å². The smallest absolute Gasteiger partial charge is 0.212 e. The molecule has 0 atom stereocenters. The summed E-state index contributed by atoms with van der Waals surface area (Å²) in [6.45, 7) is 3.58. The predicted molar refractivity (Wildman–Crippen MR) is 39.3 cm³/mol. The van der Waals surface area contributed by atoms with Crippen molar-refractivity contribution in [1.29, 1.82) is 0 Å². The van der Waals surface area contributed by atoms with Crippen LogP contribution in [-0.4, -0.2) is 0 Å². The van der Waals surface area contributed by atoms with Crippen molar-refractivity contribution < 1.29 is 4.73 Å². The number of nitrogens with two attached hydrogens (primary N) is 1. The van der Waals surface area contributed by atoms with Gasteiger partial charge in [0.15, 0.2) is 6.20 Å². The molecule has 1 aromatic rings. The number of nitrogen functional groups attached to an aromatic ring is 1. The fourth-order valence-corrected chi connectivity index (χ4v) is 0.785. The third-order valence-electron chi connectivity index (χ3n) is 1.61. The van der Waals surface area contributed by atoms with Gasteiger partial charge in [-0.2, -0.15) is 4.73 Å². The Morgan fingerprint density at radius 1 is 1.50 bits per heavy atom. The summed E-state index contributed by atoms with van der Waals surface area (Å²) in [5, 5.41) is 10.8. The average molecular weight is 138 g/mol. The molecule has 0 unspecified atom stereocenters. The minimum absolute atomic E-state index is 0.569. The fraction of sp³-hybridized carbons (Fsp3) is 0.286. The highest BCUT2D eigenvalue weighted by molar-refractivity contribution is 5.46. The van der Waals surface area contributed by atoms with Gasteiger partial charge in [0.25, 0.3) is 0 Å². The van der Waals surface area contributed by atoms with E-state index in [1.165, 1.54) is 6.20 Å². The lowest BCUT2D eigenvalue weighted by atomic mass is 10.2. The molecule has 0 amide bonds. The van der Waals surface area contributed by atoms with Gasteiger partial charge in [-0.25, -0.2) is 0 Å². The Morgan fingerprint density at radius 3 is 2.60 bits per heavy atom. The number of anilines is 1. The summed E-state index contributed by atoms with van der Waals surface area (Å²) < 4.78 is 0.766. The molecular weight excluding hydrogens is 128 g/mol. The van der Waals surface area contributed by atoms with Crippen LogP contribution in [0, 0.1) is 19.1 Å². The van der Waals surface area contributed by atoms with Crippen molar-refractivity contribution in [2.45, 2.75) is 13.8 Å². The van der Waals surface area contributed by atoms with Crippen molar-refractivity contribution >= 4 is 5.69 Å². The van der Waals surface area contributed by atoms with Gasteiger partial charge >= 0.3 is 0 Å². The number of aromatic nitrogens is 1. The van der Waals surface area contributed by atoms with Gasteiger partial charge in [0.2, 0.25) is 5.69 Å². The fourth-order valence-electron chi connectivity index (χ4n) is 0.785. The summed E-state index contributed by atoms with van der Waals surface area (Å²) >= 11 is 0. The van der Waals surface area contributed by atoms with Crippen LogP contribution in [0.4, 0.5) is 5.69 Å². The van der Waals surface area contributed by atoms with Gasteiger partial charge in [0.05, 0.1) is 0 Å². The molecule has 1 aromatic heterocycles. The third-order valence-corrected chi connectivity index (χ3v) is 1.61. The molecule has 0 aromatic carbocycles. The molecule has 0 radical (unpaired) electrons. The maximum absolute atomic E-state index is 10.8. The molecule has 0 saturated heterocycles. The van der Waals surface area contributed by atoms with E-state index in [4.69, 9.17) is 5.73 Å². The molecule has 3 nitrogen and oxygen atoms in total. The predicted octanol–water partition coefficient (Wildman–Crippen LogP) is 0.519. The van der Waals surface area contributed by atoms with Crippen molar-refractivity contribution in [3.8, 4) is 0 Å². The molecular formula is C7H10N2O. The van der Waals surface area contributed by atoms with Gasteiger partial charge in [-0.3, -0.25) is 0 Å². The normalized spacial score (nSPS) is 9.80. The maximum atomic E-state index is 10.8. The number of hydrogen-bond donors (Lipinski definition) is 1. The summed E-state index contributed by atoms with van der Waals surface area (Å²) in [6.07, 6.45) is 1.46. The zero-order valence-corrected chi connectivity index (χ0v) is 6.09. The standard InChI is InChI=1S/C7H10N2O/c1-5-3-4-9(10)6(2)7(5)8/h3-4H,8H2,1-2H3. The highest BCUT2D eigenvalue weighted by Gasteiger charge is 2.04. The number of aryl methyl sites for hydroxylation is 1. The van der Waals surface area contributed by atoms with Crippen LogP contribution in [0.5, 0.6) is 0 Å². The molecule has 0 aliphatic heterocycles. The van der Waals surface area contributed by atoms with Crippen LogP contribution < -0.4 is 10.5 Å². The van der Waals surface area contributed by atoms with Gasteiger partial charge in [-0.1, -0.05) is 0 Å². The third kappa shape index (κ3) is 0.900. The number of nitrogens with zero attached hydrogens (tertiary/aromatic N) is 1. The van der Waals surface area contributed by atoms with E-state index in [2.05, 4.69) is 0 Å². The molecule has 1 heterocycles. The van der Waals surface area contributed by atoms with E-state index in [9.17, 15) is 5.21 Å². The topological polar surface area (TPSA) is 53.0 Å². The molecule has 0 spiro atoms. The Hall–Kier alpha value is -1.25. The van der Waals surface area contributed by atoms with Crippen LogP contribution in [0.3, 0.4) is 0 Å². The van der Waals surface area contributed by atoms with Gasteiger partial charge in [-0.05, 0) is 12.5 Å². The minimum Gasteiger partial charge on any atom is -0.618 e. The monoisotopic (exact) mass is 138 g/mol. The summed E-state index contributed by atoms with van der Waals surface area (Å²) in [6, 6.07) is 1.70. The van der Waals surface area contributed by atoms with E-state index in [-0.39, 0.29) is 0 Å². The van der Waals surface area contributed by atoms with Crippen molar-refractivity contribution in [2.75, 3.05) is 5.73 Å².